The third-order valence-corrected chi connectivity index (χ3v) is 4.87. The van der Waals surface area contributed by atoms with Gasteiger partial charge in [0.25, 0.3) is 0 Å². The fourth-order valence-corrected chi connectivity index (χ4v) is 3.48. The fraction of sp³-hybridized carbons (Fsp3) is 1.00. The van der Waals surface area contributed by atoms with Crippen molar-refractivity contribution in [1.29, 1.82) is 0 Å². The summed E-state index contributed by atoms with van der Waals surface area (Å²) in [7, 11) is -11.3. The quantitative estimate of drug-likeness (QED) is 0.126. The van der Waals surface area contributed by atoms with Crippen molar-refractivity contribution in [3.63, 3.8) is 0 Å². The monoisotopic (exact) mass is 380 g/mol. The number of rotatable bonds is 4. The molecule has 1 aliphatic carbocycles. The first kappa shape index (κ1) is 23.0. The van der Waals surface area contributed by atoms with E-state index in [1.807, 2.05) is 0 Å². The second-order valence-electron chi connectivity index (χ2n) is 4.25. The van der Waals surface area contributed by atoms with Crippen LogP contribution in [0.2, 0.25) is 0 Å². The Kier molecular flexibility index (Phi) is 7.85. The molecule has 22 heavy (non-hydrogen) atoms. The van der Waals surface area contributed by atoms with Gasteiger partial charge in [-0.25, -0.2) is 13.7 Å². The van der Waals surface area contributed by atoms with Crippen LogP contribution in [0.5, 0.6) is 0 Å². The van der Waals surface area contributed by atoms with E-state index in [9.17, 15) is 39.8 Å². The molecule has 13 nitrogen and oxygen atoms in total. The van der Waals surface area contributed by atoms with Crippen LogP contribution in [0.15, 0.2) is 0 Å². The Morgan fingerprint density at radius 3 is 1.50 bits per heavy atom. The number of aliphatic hydroxyl groups excluding tert-OH is 5. The van der Waals surface area contributed by atoms with Crippen molar-refractivity contribution in [2.24, 2.45) is 0 Å². The molecule has 9 N–H and O–H groups in total. The SMILES string of the molecule is O=P(O)(O)OP(=O)(O)O[C@]1(O)[C@H](O)[C@H](O)[C@@H](O)[C@H](O)[C@H]1O.[NaH]. The molecule has 0 radical (unpaired) electrons. The van der Waals surface area contributed by atoms with Crippen LogP contribution in [0.25, 0.3) is 0 Å². The van der Waals surface area contributed by atoms with E-state index in [1.165, 1.54) is 0 Å². The molecule has 0 amide bonds. The van der Waals surface area contributed by atoms with Crippen LogP contribution >= 0.6 is 15.6 Å². The van der Waals surface area contributed by atoms with E-state index < -0.39 is 52.0 Å². The van der Waals surface area contributed by atoms with Crippen LogP contribution in [-0.2, 0) is 18.0 Å². The summed E-state index contributed by atoms with van der Waals surface area (Å²) in [4.78, 5) is 25.8. The summed E-state index contributed by atoms with van der Waals surface area (Å²) in [5, 5.41) is 56.6. The van der Waals surface area contributed by atoms with Crippen molar-refractivity contribution in [3.8, 4) is 0 Å². The third-order valence-electron chi connectivity index (χ3n) is 2.67. The molecule has 0 aromatic rings. The molecule has 1 aliphatic rings. The summed E-state index contributed by atoms with van der Waals surface area (Å²) in [6.07, 6.45) is -12.0. The molecular formula is C6H15NaO13P2. The van der Waals surface area contributed by atoms with Crippen molar-refractivity contribution in [2.75, 3.05) is 0 Å². The molecule has 1 rings (SSSR count). The maximum absolute atomic E-state index is 11.3. The van der Waals surface area contributed by atoms with E-state index in [4.69, 9.17) is 14.7 Å². The first-order chi connectivity index (χ1) is 9.21. The molecule has 0 saturated heterocycles. The number of aliphatic hydroxyl groups is 6. The second-order valence-corrected chi connectivity index (χ2v) is 7.00. The van der Waals surface area contributed by atoms with Gasteiger partial charge in [-0.15, -0.1) is 0 Å². The molecule has 16 heteroatoms. The van der Waals surface area contributed by atoms with Gasteiger partial charge in [0.1, 0.15) is 30.5 Å². The van der Waals surface area contributed by atoms with E-state index in [1.54, 1.807) is 0 Å². The average molecular weight is 380 g/mol. The fourth-order valence-electron chi connectivity index (χ4n) is 1.68. The summed E-state index contributed by atoms with van der Waals surface area (Å²) in [5.74, 6) is -3.56. The molecular weight excluding hydrogens is 365 g/mol. The van der Waals surface area contributed by atoms with E-state index in [0.29, 0.717) is 0 Å². The first-order valence-electron chi connectivity index (χ1n) is 5.14. The summed E-state index contributed by atoms with van der Waals surface area (Å²) in [5.41, 5.74) is 0. The molecule has 7 atom stereocenters. The Labute approximate surface area is 144 Å². The standard InChI is InChI=1S/C6H14O13P2.Na.H/c7-1-2(8)4(10)6(12,5(11)3(1)9)18-21(16,17)19-20(13,14)15;;/h1-5,7-12H,(H,16,17)(H2,13,14,15);;/t1-,2-,3+,4-,5-,6-;;/m1../s1. The van der Waals surface area contributed by atoms with Crippen LogP contribution in [0.1, 0.15) is 0 Å². The van der Waals surface area contributed by atoms with Crippen molar-refractivity contribution < 1.29 is 63.3 Å². The topological polar surface area (TPSA) is 235 Å². The Balaban J connectivity index is 0.00000441. The molecule has 0 aromatic carbocycles. The molecule has 0 aliphatic heterocycles. The number of hydrogen-bond donors (Lipinski definition) is 9. The first-order valence-corrected chi connectivity index (χ1v) is 8.17. The van der Waals surface area contributed by atoms with Gasteiger partial charge in [-0.1, -0.05) is 0 Å². The van der Waals surface area contributed by atoms with E-state index in [-0.39, 0.29) is 29.6 Å². The van der Waals surface area contributed by atoms with E-state index in [0.717, 1.165) is 0 Å². The third kappa shape index (κ3) is 5.01. The van der Waals surface area contributed by atoms with Crippen LogP contribution in [0.3, 0.4) is 0 Å². The van der Waals surface area contributed by atoms with Gasteiger partial charge < -0.3 is 45.3 Å². The van der Waals surface area contributed by atoms with E-state index in [2.05, 4.69) is 8.83 Å². The van der Waals surface area contributed by atoms with Gasteiger partial charge in [-0.2, -0.15) is 4.31 Å². The average Bonchev–Trinajstić information content (AvgIpc) is 2.28. The molecule has 0 heterocycles. The maximum atomic E-state index is 11.3. The Morgan fingerprint density at radius 2 is 1.18 bits per heavy atom. The van der Waals surface area contributed by atoms with Crippen molar-refractivity contribution >= 4 is 45.2 Å². The van der Waals surface area contributed by atoms with Crippen molar-refractivity contribution in [2.45, 2.75) is 36.3 Å². The zero-order chi connectivity index (χ0) is 16.8. The number of hydrogen-bond acceptors (Lipinski definition) is 10. The summed E-state index contributed by atoms with van der Waals surface area (Å²) >= 11 is 0. The van der Waals surface area contributed by atoms with Gasteiger partial charge >= 0.3 is 45.2 Å². The van der Waals surface area contributed by atoms with Gasteiger partial charge in [0.15, 0.2) is 0 Å². The molecule has 1 fully saturated rings. The minimum absolute atomic E-state index is 0. The predicted octanol–water partition coefficient (Wildman–Crippen LogP) is -4.93. The Bertz CT molecular complexity index is 463. The summed E-state index contributed by atoms with van der Waals surface area (Å²) in [6.45, 7) is 0. The van der Waals surface area contributed by atoms with Gasteiger partial charge in [-0.05, 0) is 0 Å². The zero-order valence-corrected chi connectivity index (χ0v) is 11.7. The zero-order valence-electron chi connectivity index (χ0n) is 9.94. The molecule has 1 saturated carbocycles. The van der Waals surface area contributed by atoms with E-state index >= 15 is 0 Å². The molecule has 0 bridgehead atoms. The molecule has 0 spiro atoms. The van der Waals surface area contributed by atoms with Crippen LogP contribution in [0.4, 0.5) is 0 Å². The number of phosphoric ester groups is 1. The molecule has 128 valence electrons. The predicted molar refractivity (Wildman–Crippen MR) is 66.2 cm³/mol. The van der Waals surface area contributed by atoms with Gasteiger partial charge in [0.2, 0.25) is 5.79 Å². The summed E-state index contributed by atoms with van der Waals surface area (Å²) in [6, 6.07) is 0. The molecule has 1 unspecified atom stereocenters. The van der Waals surface area contributed by atoms with Crippen LogP contribution in [-0.4, -0.2) is 111 Å². The van der Waals surface area contributed by atoms with Gasteiger partial charge in [0.05, 0.1) is 0 Å². The summed E-state index contributed by atoms with van der Waals surface area (Å²) < 4.78 is 29.0. The van der Waals surface area contributed by atoms with Crippen molar-refractivity contribution in [3.05, 3.63) is 0 Å². The molecule has 0 aromatic heterocycles. The normalized spacial score (nSPS) is 42.3. The minimum atomic E-state index is -5.73. The Hall–Kier alpha value is 1.02. The van der Waals surface area contributed by atoms with Gasteiger partial charge in [-0.3, -0.25) is 0 Å². The van der Waals surface area contributed by atoms with Crippen LogP contribution in [0, 0.1) is 0 Å². The number of phosphoric acid groups is 2. The van der Waals surface area contributed by atoms with Crippen molar-refractivity contribution in [1.82, 2.24) is 0 Å². The van der Waals surface area contributed by atoms with Crippen LogP contribution < -0.4 is 0 Å². The second kappa shape index (κ2) is 7.50. The van der Waals surface area contributed by atoms with Gasteiger partial charge in [0, 0.05) is 0 Å². The Morgan fingerprint density at radius 1 is 0.818 bits per heavy atom.